The first-order valence-electron chi connectivity index (χ1n) is 3.88. The second-order valence-corrected chi connectivity index (χ2v) is 3.65. The fraction of sp³-hybridized carbons (Fsp3) is 0.250. The van der Waals surface area contributed by atoms with Crippen molar-refractivity contribution in [2.75, 3.05) is 11.2 Å². The van der Waals surface area contributed by atoms with E-state index in [2.05, 4.69) is 5.32 Å². The fourth-order valence-corrected chi connectivity index (χ4v) is 1.21. The van der Waals surface area contributed by atoms with Gasteiger partial charge in [0.25, 0.3) is 0 Å². The summed E-state index contributed by atoms with van der Waals surface area (Å²) in [6.45, 7) is 0. The monoisotopic (exact) mass is 239 g/mol. The minimum Gasteiger partial charge on any atom is -0.372 e. The molecule has 0 saturated carbocycles. The average Bonchev–Trinajstić information content (AvgIpc) is 2.14. The van der Waals surface area contributed by atoms with Crippen LogP contribution in [0.3, 0.4) is 0 Å². The lowest BCUT2D eigenvalue weighted by Gasteiger charge is -2.08. The normalized spacial score (nSPS) is 13.6. The van der Waals surface area contributed by atoms with Crippen LogP contribution in [0.4, 0.5) is 18.9 Å². The van der Waals surface area contributed by atoms with Gasteiger partial charge in [0.1, 0.15) is 5.88 Å². The van der Waals surface area contributed by atoms with E-state index < -0.39 is 22.8 Å². The smallest absolute Gasteiger partial charge is 0.372 e. The molecule has 84 valence electrons. The van der Waals surface area contributed by atoms with Gasteiger partial charge in [-0.25, -0.2) is 4.21 Å². The minimum atomic E-state index is -4.36. The first kappa shape index (κ1) is 12.0. The molecule has 1 atom stereocenters. The van der Waals surface area contributed by atoms with Crippen LogP contribution in [0.1, 0.15) is 5.56 Å². The molecular weight excluding hydrogens is 231 g/mol. The SMILES string of the molecule is O=S(O)CNc1ccc(C(F)(F)F)cc1. The fourth-order valence-electron chi connectivity index (χ4n) is 0.922. The molecule has 0 saturated heterocycles. The second-order valence-electron chi connectivity index (χ2n) is 2.72. The van der Waals surface area contributed by atoms with Gasteiger partial charge >= 0.3 is 6.18 Å². The van der Waals surface area contributed by atoms with Gasteiger partial charge in [-0.05, 0) is 24.3 Å². The zero-order chi connectivity index (χ0) is 11.5. The first-order chi connectivity index (χ1) is 6.89. The number of anilines is 1. The van der Waals surface area contributed by atoms with Crippen LogP contribution in [0, 0.1) is 0 Å². The number of halogens is 3. The number of benzene rings is 1. The maximum Gasteiger partial charge on any atom is 0.416 e. The molecule has 1 rings (SSSR count). The summed E-state index contributed by atoms with van der Waals surface area (Å²) < 4.78 is 55.1. The predicted molar refractivity (Wildman–Crippen MR) is 50.7 cm³/mol. The minimum absolute atomic E-state index is 0.217. The molecule has 1 aromatic rings. The molecule has 0 aromatic heterocycles. The Hall–Kier alpha value is -1.08. The van der Waals surface area contributed by atoms with Crippen LogP contribution < -0.4 is 5.32 Å². The Kier molecular flexibility index (Phi) is 3.70. The number of hydrogen-bond acceptors (Lipinski definition) is 2. The second kappa shape index (κ2) is 4.63. The van der Waals surface area contributed by atoms with Gasteiger partial charge in [0, 0.05) is 5.69 Å². The number of alkyl halides is 3. The lowest BCUT2D eigenvalue weighted by atomic mass is 10.2. The van der Waals surface area contributed by atoms with Gasteiger partial charge in [0.05, 0.1) is 5.56 Å². The van der Waals surface area contributed by atoms with Gasteiger partial charge in [0.15, 0.2) is 11.1 Å². The van der Waals surface area contributed by atoms with E-state index in [4.69, 9.17) is 4.55 Å². The lowest BCUT2D eigenvalue weighted by Crippen LogP contribution is -2.08. The average molecular weight is 239 g/mol. The van der Waals surface area contributed by atoms with E-state index in [-0.39, 0.29) is 5.88 Å². The molecule has 0 bridgehead atoms. The standard InChI is InChI=1S/C8H8F3NO2S/c9-8(10,11)6-1-3-7(4-2-6)12-5-15(13)14/h1-4,12H,5H2,(H,13,14). The Morgan fingerprint density at radius 2 is 1.80 bits per heavy atom. The van der Waals surface area contributed by atoms with E-state index in [0.29, 0.717) is 5.69 Å². The Morgan fingerprint density at radius 1 is 1.27 bits per heavy atom. The summed E-state index contributed by atoms with van der Waals surface area (Å²) in [5.74, 6) is -0.217. The van der Waals surface area contributed by atoms with E-state index in [0.717, 1.165) is 12.1 Å². The van der Waals surface area contributed by atoms with E-state index in [1.807, 2.05) is 0 Å². The molecule has 1 aromatic carbocycles. The Labute approximate surface area is 86.6 Å². The zero-order valence-electron chi connectivity index (χ0n) is 7.41. The van der Waals surface area contributed by atoms with Crippen molar-refractivity contribution < 1.29 is 21.9 Å². The lowest BCUT2D eigenvalue weighted by molar-refractivity contribution is -0.137. The van der Waals surface area contributed by atoms with Gasteiger partial charge in [-0.15, -0.1) is 0 Å². The number of rotatable bonds is 3. The summed E-state index contributed by atoms with van der Waals surface area (Å²) in [5, 5.41) is 2.51. The quantitative estimate of drug-likeness (QED) is 0.796. The maximum atomic E-state index is 12.1. The molecule has 0 heterocycles. The zero-order valence-corrected chi connectivity index (χ0v) is 8.23. The van der Waals surface area contributed by atoms with Gasteiger partial charge < -0.3 is 9.87 Å². The molecule has 1 unspecified atom stereocenters. The topological polar surface area (TPSA) is 49.3 Å². The molecule has 0 aliphatic rings. The molecule has 2 N–H and O–H groups in total. The molecule has 3 nitrogen and oxygen atoms in total. The summed E-state index contributed by atoms with van der Waals surface area (Å²) in [5.41, 5.74) is -0.386. The van der Waals surface area contributed by atoms with E-state index in [9.17, 15) is 17.4 Å². The number of nitrogens with one attached hydrogen (secondary N) is 1. The summed E-state index contributed by atoms with van der Waals surface area (Å²) in [4.78, 5) is 0. The molecule has 0 fully saturated rings. The Morgan fingerprint density at radius 3 is 2.20 bits per heavy atom. The van der Waals surface area contributed by atoms with Gasteiger partial charge in [-0.2, -0.15) is 13.2 Å². The van der Waals surface area contributed by atoms with Crippen LogP contribution in [0.15, 0.2) is 24.3 Å². The van der Waals surface area contributed by atoms with Crippen LogP contribution in [0.5, 0.6) is 0 Å². The van der Waals surface area contributed by atoms with E-state index >= 15 is 0 Å². The predicted octanol–water partition coefficient (Wildman–Crippen LogP) is 2.30. The summed E-state index contributed by atoms with van der Waals surface area (Å²) >= 11 is -2.02. The third-order valence-corrected chi connectivity index (χ3v) is 2.00. The van der Waals surface area contributed by atoms with Crippen LogP contribution in [0.25, 0.3) is 0 Å². The molecule has 0 spiro atoms. The molecule has 7 heteroatoms. The molecule has 0 amide bonds. The molecular formula is C8H8F3NO2S. The molecule has 15 heavy (non-hydrogen) atoms. The van der Waals surface area contributed by atoms with Gasteiger partial charge in [-0.3, -0.25) is 0 Å². The number of hydrogen-bond donors (Lipinski definition) is 2. The summed E-state index contributed by atoms with van der Waals surface area (Å²) in [6.07, 6.45) is -4.36. The van der Waals surface area contributed by atoms with Crippen molar-refractivity contribution in [1.82, 2.24) is 0 Å². The van der Waals surface area contributed by atoms with Crippen LogP contribution in [-0.4, -0.2) is 14.6 Å². The molecule has 0 aliphatic carbocycles. The molecule has 0 aliphatic heterocycles. The summed E-state index contributed by atoms with van der Waals surface area (Å²) in [6, 6.07) is 4.22. The highest BCUT2D eigenvalue weighted by Gasteiger charge is 2.29. The first-order valence-corrected chi connectivity index (χ1v) is 5.16. The van der Waals surface area contributed by atoms with Crippen molar-refractivity contribution in [2.45, 2.75) is 6.18 Å². The highest BCUT2D eigenvalue weighted by Crippen LogP contribution is 2.29. The van der Waals surface area contributed by atoms with Gasteiger partial charge in [0.2, 0.25) is 0 Å². The van der Waals surface area contributed by atoms with Crippen LogP contribution >= 0.6 is 0 Å². The van der Waals surface area contributed by atoms with Crippen molar-refractivity contribution >= 4 is 16.8 Å². The highest BCUT2D eigenvalue weighted by molar-refractivity contribution is 7.79. The molecule has 0 radical (unpaired) electrons. The highest BCUT2D eigenvalue weighted by atomic mass is 32.2. The Bertz CT molecular complexity index is 350. The van der Waals surface area contributed by atoms with Crippen molar-refractivity contribution in [3.63, 3.8) is 0 Å². The summed E-state index contributed by atoms with van der Waals surface area (Å²) in [7, 11) is 0. The third-order valence-electron chi connectivity index (χ3n) is 1.61. The van der Waals surface area contributed by atoms with Crippen molar-refractivity contribution in [3.05, 3.63) is 29.8 Å². The van der Waals surface area contributed by atoms with Crippen molar-refractivity contribution in [3.8, 4) is 0 Å². The maximum absolute atomic E-state index is 12.1. The van der Waals surface area contributed by atoms with Crippen LogP contribution in [0.2, 0.25) is 0 Å². The Balaban J connectivity index is 2.69. The van der Waals surface area contributed by atoms with Crippen molar-refractivity contribution in [2.24, 2.45) is 0 Å². The van der Waals surface area contributed by atoms with E-state index in [1.165, 1.54) is 12.1 Å². The van der Waals surface area contributed by atoms with Crippen LogP contribution in [-0.2, 0) is 17.3 Å². The van der Waals surface area contributed by atoms with Crippen molar-refractivity contribution in [1.29, 1.82) is 0 Å². The van der Waals surface area contributed by atoms with E-state index in [1.54, 1.807) is 0 Å². The largest absolute Gasteiger partial charge is 0.416 e. The third kappa shape index (κ3) is 3.88. The van der Waals surface area contributed by atoms with Gasteiger partial charge in [-0.1, -0.05) is 0 Å².